The van der Waals surface area contributed by atoms with E-state index in [1.54, 1.807) is 12.1 Å². The Balaban J connectivity index is 2.94. The number of rotatable bonds is 5. The average molecular weight is 267 g/mol. The summed E-state index contributed by atoms with van der Waals surface area (Å²) in [7, 11) is 2.79. The van der Waals surface area contributed by atoms with Crippen molar-refractivity contribution in [1.29, 1.82) is 5.26 Å². The third kappa shape index (κ3) is 3.57. The molecule has 1 aromatic carbocycles. The van der Waals surface area contributed by atoms with E-state index in [2.05, 4.69) is 4.74 Å². The first-order valence-corrected chi connectivity index (χ1v) is 5.88. The molecule has 0 radical (unpaired) electrons. The van der Waals surface area contributed by atoms with Crippen molar-refractivity contribution < 1.29 is 19.0 Å². The van der Waals surface area contributed by atoms with Crippen LogP contribution in [0.15, 0.2) is 17.0 Å². The molecule has 1 aromatic rings. The molecule has 6 heteroatoms. The third-order valence-electron chi connectivity index (χ3n) is 2.19. The van der Waals surface area contributed by atoms with Crippen molar-refractivity contribution in [2.45, 2.75) is 11.8 Å². The highest BCUT2D eigenvalue weighted by Gasteiger charge is 2.11. The van der Waals surface area contributed by atoms with Gasteiger partial charge in [-0.15, -0.1) is 0 Å². The van der Waals surface area contributed by atoms with E-state index >= 15 is 0 Å². The molecule has 0 aliphatic heterocycles. The molecule has 0 fully saturated rings. The highest BCUT2D eigenvalue weighted by molar-refractivity contribution is 8.03. The van der Waals surface area contributed by atoms with Crippen LogP contribution in [0, 0.1) is 17.6 Å². The molecule has 0 spiro atoms. The lowest BCUT2D eigenvalue weighted by Gasteiger charge is -2.12. The molecule has 18 heavy (non-hydrogen) atoms. The fourth-order valence-corrected chi connectivity index (χ4v) is 1.75. The molecular weight excluding hydrogens is 254 g/mol. The van der Waals surface area contributed by atoms with E-state index in [-0.39, 0.29) is 6.61 Å². The summed E-state index contributed by atoms with van der Waals surface area (Å²) in [4.78, 5) is 11.8. The van der Waals surface area contributed by atoms with E-state index < -0.39 is 5.97 Å². The first-order chi connectivity index (χ1) is 8.62. The van der Waals surface area contributed by atoms with Crippen LogP contribution in [0.4, 0.5) is 0 Å². The van der Waals surface area contributed by atoms with E-state index in [9.17, 15) is 4.79 Å². The van der Waals surface area contributed by atoms with Crippen molar-refractivity contribution >= 4 is 17.7 Å². The second-order valence-corrected chi connectivity index (χ2v) is 4.15. The van der Waals surface area contributed by atoms with E-state index in [1.165, 1.54) is 14.2 Å². The van der Waals surface area contributed by atoms with Gasteiger partial charge < -0.3 is 14.2 Å². The Kier molecular flexibility index (Phi) is 5.33. The second-order valence-electron chi connectivity index (χ2n) is 3.33. The lowest BCUT2D eigenvalue weighted by molar-refractivity contribution is -0.142. The lowest BCUT2D eigenvalue weighted by Crippen LogP contribution is -2.13. The van der Waals surface area contributed by atoms with Crippen LogP contribution < -0.4 is 9.47 Å². The van der Waals surface area contributed by atoms with Gasteiger partial charge in [0.1, 0.15) is 5.40 Å². The van der Waals surface area contributed by atoms with Crippen LogP contribution in [0.1, 0.15) is 5.56 Å². The monoisotopic (exact) mass is 267 g/mol. The Hall–Kier alpha value is -1.87. The number of aryl methyl sites for hydroxylation is 1. The minimum atomic E-state index is -0.467. The molecule has 5 nitrogen and oxygen atoms in total. The van der Waals surface area contributed by atoms with Crippen molar-refractivity contribution in [3.8, 4) is 16.9 Å². The third-order valence-corrected chi connectivity index (χ3v) is 2.94. The molecule has 0 saturated carbocycles. The fraction of sp³-hybridized carbons (Fsp3) is 0.333. The zero-order chi connectivity index (χ0) is 13.5. The molecule has 0 N–H and O–H groups in total. The maximum atomic E-state index is 11.0. The number of hydrogen-bond acceptors (Lipinski definition) is 6. The molecule has 0 aliphatic rings. The van der Waals surface area contributed by atoms with Crippen LogP contribution >= 0.6 is 11.8 Å². The van der Waals surface area contributed by atoms with E-state index in [0.717, 1.165) is 22.2 Å². The number of methoxy groups -OCH3 is 2. The van der Waals surface area contributed by atoms with Crippen molar-refractivity contribution in [1.82, 2.24) is 0 Å². The van der Waals surface area contributed by atoms with Gasteiger partial charge in [-0.3, -0.25) is 0 Å². The van der Waals surface area contributed by atoms with Crippen LogP contribution in [0.2, 0.25) is 0 Å². The first kappa shape index (κ1) is 14.2. The highest BCUT2D eigenvalue weighted by atomic mass is 32.2. The Morgan fingerprint density at radius 1 is 1.39 bits per heavy atom. The lowest BCUT2D eigenvalue weighted by atomic mass is 10.2. The van der Waals surface area contributed by atoms with Crippen molar-refractivity contribution in [2.24, 2.45) is 0 Å². The minimum Gasteiger partial charge on any atom is -0.493 e. The number of esters is 1. The number of carbonyl (C=O) groups is 1. The summed E-state index contributed by atoms with van der Waals surface area (Å²) < 4.78 is 14.9. The zero-order valence-corrected chi connectivity index (χ0v) is 11.2. The zero-order valence-electron chi connectivity index (χ0n) is 10.4. The summed E-state index contributed by atoms with van der Waals surface area (Å²) in [6.45, 7) is 1.67. The van der Waals surface area contributed by atoms with Crippen LogP contribution in [-0.2, 0) is 9.53 Å². The summed E-state index contributed by atoms with van der Waals surface area (Å²) in [5.41, 5.74) is 0.877. The van der Waals surface area contributed by atoms with E-state index in [4.69, 9.17) is 14.7 Å². The molecule has 1 rings (SSSR count). The van der Waals surface area contributed by atoms with Gasteiger partial charge in [0.05, 0.1) is 14.2 Å². The Morgan fingerprint density at radius 3 is 2.67 bits per heavy atom. The fourth-order valence-electron chi connectivity index (χ4n) is 1.27. The van der Waals surface area contributed by atoms with Gasteiger partial charge >= 0.3 is 5.97 Å². The SMILES string of the molecule is COC(=O)COc1cc(C)c(SC#N)cc1OC. The number of nitrogens with zero attached hydrogens (tertiary/aromatic N) is 1. The second kappa shape index (κ2) is 6.77. The first-order valence-electron chi connectivity index (χ1n) is 5.06. The number of thioether (sulfide) groups is 1. The average Bonchev–Trinajstić information content (AvgIpc) is 2.38. The van der Waals surface area contributed by atoms with Crippen LogP contribution in [0.3, 0.4) is 0 Å². The maximum absolute atomic E-state index is 11.0. The Labute approximate surface area is 110 Å². The number of benzene rings is 1. The van der Waals surface area contributed by atoms with Gasteiger partial charge in [-0.25, -0.2) is 4.79 Å². The summed E-state index contributed by atoms with van der Waals surface area (Å²) >= 11 is 1.05. The number of thiocyanates is 1. The quantitative estimate of drug-likeness (QED) is 0.462. The number of hydrogen-bond donors (Lipinski definition) is 0. The molecule has 0 aromatic heterocycles. The Bertz CT molecular complexity index is 482. The minimum absolute atomic E-state index is 0.183. The smallest absolute Gasteiger partial charge is 0.343 e. The largest absolute Gasteiger partial charge is 0.493 e. The molecule has 0 heterocycles. The van der Waals surface area contributed by atoms with Crippen molar-refractivity contribution in [3.63, 3.8) is 0 Å². The van der Waals surface area contributed by atoms with Gasteiger partial charge in [0.25, 0.3) is 0 Å². The van der Waals surface area contributed by atoms with Gasteiger partial charge in [-0.1, -0.05) is 0 Å². The molecule has 0 bridgehead atoms. The van der Waals surface area contributed by atoms with Crippen LogP contribution in [-0.4, -0.2) is 26.8 Å². The standard InChI is InChI=1S/C12H13NO4S/c1-8-4-10(17-6-12(14)16-3)9(15-2)5-11(8)18-7-13/h4-5H,6H2,1-3H3. The molecule has 0 aliphatic carbocycles. The van der Waals surface area contributed by atoms with Crippen molar-refractivity contribution in [2.75, 3.05) is 20.8 Å². The van der Waals surface area contributed by atoms with Crippen molar-refractivity contribution in [3.05, 3.63) is 17.7 Å². The van der Waals surface area contributed by atoms with Gasteiger partial charge in [0.15, 0.2) is 18.1 Å². The summed E-state index contributed by atoms with van der Waals surface area (Å²) in [6, 6.07) is 3.43. The predicted molar refractivity (Wildman–Crippen MR) is 66.7 cm³/mol. The number of carbonyl (C=O) groups excluding carboxylic acids is 1. The number of ether oxygens (including phenoxy) is 3. The highest BCUT2D eigenvalue weighted by Crippen LogP contribution is 2.34. The van der Waals surface area contributed by atoms with Gasteiger partial charge in [0, 0.05) is 4.90 Å². The molecule has 0 unspecified atom stereocenters. The van der Waals surface area contributed by atoms with Gasteiger partial charge in [0.2, 0.25) is 0 Å². The maximum Gasteiger partial charge on any atom is 0.343 e. The number of nitriles is 1. The van der Waals surface area contributed by atoms with Gasteiger partial charge in [-0.05, 0) is 36.4 Å². The van der Waals surface area contributed by atoms with Crippen LogP contribution in [0.5, 0.6) is 11.5 Å². The molecule has 0 saturated heterocycles. The summed E-state index contributed by atoms with van der Waals surface area (Å²) in [6.07, 6.45) is 0. The summed E-state index contributed by atoms with van der Waals surface area (Å²) in [5.74, 6) is 0.454. The molecular formula is C12H13NO4S. The Morgan fingerprint density at radius 2 is 2.11 bits per heavy atom. The van der Waals surface area contributed by atoms with Gasteiger partial charge in [-0.2, -0.15) is 5.26 Å². The van der Waals surface area contributed by atoms with E-state index in [0.29, 0.717) is 11.5 Å². The van der Waals surface area contributed by atoms with E-state index in [1.807, 2.05) is 12.3 Å². The predicted octanol–water partition coefficient (Wildman–Crippen LogP) is 2.13. The molecule has 0 atom stereocenters. The molecule has 96 valence electrons. The summed E-state index contributed by atoms with van der Waals surface area (Å²) in [5, 5.41) is 10.7. The topological polar surface area (TPSA) is 68.5 Å². The normalized spacial score (nSPS) is 9.44. The van der Waals surface area contributed by atoms with Crippen LogP contribution in [0.25, 0.3) is 0 Å². The molecule has 0 amide bonds.